The molecule has 0 aliphatic carbocycles. The number of anilines is 1. The highest BCUT2D eigenvalue weighted by Crippen LogP contribution is 2.37. The van der Waals surface area contributed by atoms with Gasteiger partial charge in [0, 0.05) is 0 Å². The number of fused-ring (bicyclic) bond motifs is 1. The van der Waals surface area contributed by atoms with Gasteiger partial charge in [-0.05, 0) is 31.4 Å². The molecule has 0 spiro atoms. The average molecular weight is 304 g/mol. The first kappa shape index (κ1) is 14.0. The van der Waals surface area contributed by atoms with Crippen molar-refractivity contribution < 1.29 is 0 Å². The number of rotatable bonds is 2. The molecular formula is C19H20N4. The van der Waals surface area contributed by atoms with Crippen LogP contribution in [0.4, 0.5) is 5.95 Å². The van der Waals surface area contributed by atoms with Crippen molar-refractivity contribution in [2.45, 2.75) is 32.4 Å². The van der Waals surface area contributed by atoms with Crippen LogP contribution in [0.1, 0.15) is 40.8 Å². The van der Waals surface area contributed by atoms with Crippen LogP contribution in [0.3, 0.4) is 0 Å². The van der Waals surface area contributed by atoms with Crippen LogP contribution in [-0.4, -0.2) is 14.8 Å². The standard InChI is InChI=1S/C19H20N4/c1-13-6-8-15(9-7-13)17-11-18(16-5-3-4-14(2)10-16)23-19(22-17)20-12-21-23/h3-10,12,17-18H,11H2,1-2H3,(H,20,21,22)/t17-,18+/m0/s1. The van der Waals surface area contributed by atoms with E-state index in [1.54, 1.807) is 6.33 Å². The van der Waals surface area contributed by atoms with Crippen molar-refractivity contribution >= 4 is 5.95 Å². The number of benzene rings is 2. The second-order valence-electron chi connectivity index (χ2n) is 6.30. The molecule has 0 amide bonds. The maximum Gasteiger partial charge on any atom is 0.222 e. The number of nitrogens with zero attached hydrogens (tertiary/aromatic N) is 3. The van der Waals surface area contributed by atoms with Gasteiger partial charge in [-0.2, -0.15) is 10.1 Å². The van der Waals surface area contributed by atoms with Gasteiger partial charge < -0.3 is 5.32 Å². The lowest BCUT2D eigenvalue weighted by Crippen LogP contribution is -2.28. The molecular weight excluding hydrogens is 284 g/mol. The van der Waals surface area contributed by atoms with Gasteiger partial charge in [-0.3, -0.25) is 0 Å². The first-order valence-corrected chi connectivity index (χ1v) is 8.00. The van der Waals surface area contributed by atoms with Gasteiger partial charge in [0.05, 0.1) is 12.1 Å². The summed E-state index contributed by atoms with van der Waals surface area (Å²) in [5.74, 6) is 0.841. The summed E-state index contributed by atoms with van der Waals surface area (Å²) in [5, 5.41) is 7.95. The molecule has 116 valence electrons. The maximum absolute atomic E-state index is 4.43. The molecule has 0 saturated carbocycles. The SMILES string of the molecule is Cc1ccc([C@@H]2C[C@H](c3cccc(C)c3)n3ncnc3N2)cc1. The van der Waals surface area contributed by atoms with E-state index in [4.69, 9.17) is 0 Å². The lowest BCUT2D eigenvalue weighted by atomic mass is 9.92. The Balaban J connectivity index is 1.73. The van der Waals surface area contributed by atoms with E-state index in [1.165, 1.54) is 22.3 Å². The van der Waals surface area contributed by atoms with Gasteiger partial charge in [0.15, 0.2) is 0 Å². The number of hydrogen-bond acceptors (Lipinski definition) is 3. The predicted octanol–water partition coefficient (Wildman–Crippen LogP) is 4.04. The van der Waals surface area contributed by atoms with Crippen LogP contribution in [-0.2, 0) is 0 Å². The minimum absolute atomic E-state index is 0.208. The summed E-state index contributed by atoms with van der Waals surface area (Å²) in [4.78, 5) is 4.39. The summed E-state index contributed by atoms with van der Waals surface area (Å²) < 4.78 is 2.00. The smallest absolute Gasteiger partial charge is 0.222 e. The summed E-state index contributed by atoms with van der Waals surface area (Å²) in [5.41, 5.74) is 5.13. The zero-order chi connectivity index (χ0) is 15.8. The average Bonchev–Trinajstić information content (AvgIpc) is 3.03. The third-order valence-corrected chi connectivity index (χ3v) is 4.54. The predicted molar refractivity (Wildman–Crippen MR) is 91.5 cm³/mol. The van der Waals surface area contributed by atoms with E-state index in [2.05, 4.69) is 77.8 Å². The highest BCUT2D eigenvalue weighted by atomic mass is 15.4. The van der Waals surface area contributed by atoms with Crippen molar-refractivity contribution in [1.82, 2.24) is 14.8 Å². The molecule has 0 saturated heterocycles. The molecule has 0 unspecified atom stereocenters. The molecule has 1 aliphatic rings. The molecule has 0 fully saturated rings. The minimum atomic E-state index is 0.208. The third kappa shape index (κ3) is 2.61. The highest BCUT2D eigenvalue weighted by Gasteiger charge is 2.29. The highest BCUT2D eigenvalue weighted by molar-refractivity contribution is 5.39. The van der Waals surface area contributed by atoms with E-state index in [9.17, 15) is 0 Å². The molecule has 1 aliphatic heterocycles. The molecule has 2 atom stereocenters. The van der Waals surface area contributed by atoms with E-state index in [0.717, 1.165) is 12.4 Å². The second kappa shape index (κ2) is 5.54. The van der Waals surface area contributed by atoms with Crippen molar-refractivity contribution in [3.05, 3.63) is 77.1 Å². The van der Waals surface area contributed by atoms with E-state index < -0.39 is 0 Å². The van der Waals surface area contributed by atoms with Gasteiger partial charge in [-0.15, -0.1) is 0 Å². The molecule has 4 rings (SSSR count). The fourth-order valence-corrected chi connectivity index (χ4v) is 3.29. The van der Waals surface area contributed by atoms with Crippen LogP contribution in [0.5, 0.6) is 0 Å². The Morgan fingerprint density at radius 1 is 1.00 bits per heavy atom. The van der Waals surface area contributed by atoms with E-state index in [1.807, 2.05) is 4.68 Å². The molecule has 3 aromatic rings. The Bertz CT molecular complexity index is 819. The van der Waals surface area contributed by atoms with Gasteiger partial charge >= 0.3 is 0 Å². The molecule has 1 aromatic heterocycles. The van der Waals surface area contributed by atoms with Crippen molar-refractivity contribution in [3.63, 3.8) is 0 Å². The number of hydrogen-bond donors (Lipinski definition) is 1. The zero-order valence-electron chi connectivity index (χ0n) is 13.4. The second-order valence-corrected chi connectivity index (χ2v) is 6.30. The summed E-state index contributed by atoms with van der Waals surface area (Å²) in [7, 11) is 0. The van der Waals surface area contributed by atoms with Crippen LogP contribution in [0.15, 0.2) is 54.9 Å². The molecule has 0 bridgehead atoms. The molecule has 23 heavy (non-hydrogen) atoms. The largest absolute Gasteiger partial charge is 0.348 e. The fraction of sp³-hybridized carbons (Fsp3) is 0.263. The van der Waals surface area contributed by atoms with E-state index >= 15 is 0 Å². The maximum atomic E-state index is 4.43. The van der Waals surface area contributed by atoms with Gasteiger partial charge in [0.1, 0.15) is 6.33 Å². The Labute approximate surface area is 136 Å². The summed E-state index contributed by atoms with van der Waals surface area (Å²) in [6.07, 6.45) is 2.59. The third-order valence-electron chi connectivity index (χ3n) is 4.54. The Morgan fingerprint density at radius 2 is 1.83 bits per heavy atom. The summed E-state index contributed by atoms with van der Waals surface area (Å²) in [6.45, 7) is 4.24. The van der Waals surface area contributed by atoms with Gasteiger partial charge in [0.25, 0.3) is 0 Å². The quantitative estimate of drug-likeness (QED) is 0.777. The van der Waals surface area contributed by atoms with Crippen LogP contribution in [0, 0.1) is 13.8 Å². The Hall–Kier alpha value is -2.62. The van der Waals surface area contributed by atoms with Crippen molar-refractivity contribution in [3.8, 4) is 0 Å². The number of nitrogens with one attached hydrogen (secondary N) is 1. The molecule has 2 aromatic carbocycles. The van der Waals surface area contributed by atoms with Crippen molar-refractivity contribution in [1.29, 1.82) is 0 Å². The number of aromatic nitrogens is 3. The lowest BCUT2D eigenvalue weighted by molar-refractivity contribution is 0.430. The Kier molecular flexibility index (Phi) is 3.37. The normalized spacial score (nSPS) is 19.9. The number of aryl methyl sites for hydroxylation is 2. The molecule has 0 radical (unpaired) electrons. The molecule has 2 heterocycles. The minimum Gasteiger partial charge on any atom is -0.348 e. The Morgan fingerprint density at radius 3 is 2.61 bits per heavy atom. The topological polar surface area (TPSA) is 42.7 Å². The van der Waals surface area contributed by atoms with Gasteiger partial charge in [-0.25, -0.2) is 4.68 Å². The van der Waals surface area contributed by atoms with Crippen molar-refractivity contribution in [2.75, 3.05) is 5.32 Å². The van der Waals surface area contributed by atoms with Gasteiger partial charge in [-0.1, -0.05) is 59.7 Å². The van der Waals surface area contributed by atoms with Crippen LogP contribution in [0.2, 0.25) is 0 Å². The van der Waals surface area contributed by atoms with Crippen LogP contribution in [0.25, 0.3) is 0 Å². The van der Waals surface area contributed by atoms with Crippen LogP contribution < -0.4 is 5.32 Å². The lowest BCUT2D eigenvalue weighted by Gasteiger charge is -2.32. The van der Waals surface area contributed by atoms with Crippen LogP contribution >= 0.6 is 0 Å². The summed E-state index contributed by atoms with van der Waals surface area (Å²) in [6, 6.07) is 17.9. The first-order valence-electron chi connectivity index (χ1n) is 8.00. The van der Waals surface area contributed by atoms with Crippen molar-refractivity contribution in [2.24, 2.45) is 0 Å². The molecule has 1 N–H and O–H groups in total. The van der Waals surface area contributed by atoms with E-state index in [-0.39, 0.29) is 12.1 Å². The zero-order valence-corrected chi connectivity index (χ0v) is 13.4. The molecule has 4 heteroatoms. The summed E-state index contributed by atoms with van der Waals surface area (Å²) >= 11 is 0. The van der Waals surface area contributed by atoms with E-state index in [0.29, 0.717) is 0 Å². The fourth-order valence-electron chi connectivity index (χ4n) is 3.29. The first-order chi connectivity index (χ1) is 11.2. The monoisotopic (exact) mass is 304 g/mol. The van der Waals surface area contributed by atoms with Gasteiger partial charge in [0.2, 0.25) is 5.95 Å². The molecule has 4 nitrogen and oxygen atoms in total.